The summed E-state index contributed by atoms with van der Waals surface area (Å²) in [5.74, 6) is 2.10. The second kappa shape index (κ2) is 7.50. The Kier molecular flexibility index (Phi) is 5.68. The summed E-state index contributed by atoms with van der Waals surface area (Å²) in [7, 11) is 2.06. The van der Waals surface area contributed by atoms with Crippen molar-refractivity contribution in [3.8, 4) is 0 Å². The highest BCUT2D eigenvalue weighted by atomic mass is 32.2. The summed E-state index contributed by atoms with van der Waals surface area (Å²) in [5.41, 5.74) is 1.30. The van der Waals surface area contributed by atoms with Crippen LogP contribution in [0.25, 0.3) is 0 Å². The molecule has 0 fully saturated rings. The molecule has 2 rings (SSSR count). The molecule has 3 nitrogen and oxygen atoms in total. The van der Waals surface area contributed by atoms with Gasteiger partial charge in [0.1, 0.15) is 5.82 Å². The molecule has 1 N–H and O–H groups in total. The molecule has 1 aromatic carbocycles. The Morgan fingerprint density at radius 2 is 2.05 bits per heavy atom. The maximum absolute atomic E-state index is 4.48. The van der Waals surface area contributed by atoms with E-state index in [4.69, 9.17) is 0 Å². The van der Waals surface area contributed by atoms with Crippen LogP contribution in [-0.4, -0.2) is 21.8 Å². The van der Waals surface area contributed by atoms with Crippen LogP contribution in [0.5, 0.6) is 0 Å². The molecule has 0 saturated heterocycles. The maximum Gasteiger partial charge on any atom is 0.126 e. The van der Waals surface area contributed by atoms with Gasteiger partial charge < -0.3 is 9.88 Å². The number of nitrogens with zero attached hydrogens (tertiary/aromatic N) is 2. The molecule has 108 valence electrons. The van der Waals surface area contributed by atoms with Gasteiger partial charge in [0.15, 0.2) is 0 Å². The Hall–Kier alpha value is -1.26. The van der Waals surface area contributed by atoms with E-state index in [1.165, 1.54) is 10.5 Å². The number of hydrogen-bond donors (Lipinski definition) is 1. The summed E-state index contributed by atoms with van der Waals surface area (Å²) in [6.45, 7) is 5.33. The molecular weight excluding hydrogens is 266 g/mol. The fourth-order valence-electron chi connectivity index (χ4n) is 2.07. The van der Waals surface area contributed by atoms with Gasteiger partial charge in [0.05, 0.1) is 6.04 Å². The van der Waals surface area contributed by atoms with Gasteiger partial charge in [-0.25, -0.2) is 4.98 Å². The smallest absolute Gasteiger partial charge is 0.126 e. The van der Waals surface area contributed by atoms with Crippen molar-refractivity contribution in [2.45, 2.75) is 31.2 Å². The zero-order valence-corrected chi connectivity index (χ0v) is 13.3. The Labute approximate surface area is 125 Å². The van der Waals surface area contributed by atoms with E-state index in [0.29, 0.717) is 6.04 Å². The van der Waals surface area contributed by atoms with Crippen LogP contribution in [0.2, 0.25) is 0 Å². The van der Waals surface area contributed by atoms with Crippen LogP contribution in [0.4, 0.5) is 0 Å². The van der Waals surface area contributed by atoms with Gasteiger partial charge in [-0.05, 0) is 32.0 Å². The Balaban J connectivity index is 2.01. The number of imidazole rings is 1. The van der Waals surface area contributed by atoms with Crippen LogP contribution in [0.1, 0.15) is 30.8 Å². The molecule has 0 aliphatic heterocycles. The highest BCUT2D eigenvalue weighted by Crippen LogP contribution is 2.24. The third kappa shape index (κ3) is 4.12. The fourth-order valence-corrected chi connectivity index (χ4v) is 3.02. The summed E-state index contributed by atoms with van der Waals surface area (Å²) >= 11 is 1.88. The van der Waals surface area contributed by atoms with Crippen molar-refractivity contribution in [1.29, 1.82) is 0 Å². The van der Waals surface area contributed by atoms with Gasteiger partial charge in [0.2, 0.25) is 0 Å². The van der Waals surface area contributed by atoms with E-state index >= 15 is 0 Å². The van der Waals surface area contributed by atoms with Gasteiger partial charge in [-0.15, -0.1) is 11.8 Å². The molecule has 1 aromatic heterocycles. The van der Waals surface area contributed by atoms with Gasteiger partial charge in [-0.1, -0.05) is 24.6 Å². The number of benzene rings is 1. The van der Waals surface area contributed by atoms with E-state index in [0.717, 1.165) is 24.5 Å². The topological polar surface area (TPSA) is 29.9 Å². The number of thioether (sulfide) groups is 1. The van der Waals surface area contributed by atoms with E-state index in [1.807, 2.05) is 24.2 Å². The Morgan fingerprint density at radius 1 is 1.30 bits per heavy atom. The molecule has 0 radical (unpaired) electrons. The summed E-state index contributed by atoms with van der Waals surface area (Å²) in [5, 5.41) is 3.59. The Morgan fingerprint density at radius 3 is 2.65 bits per heavy atom. The summed E-state index contributed by atoms with van der Waals surface area (Å²) in [4.78, 5) is 5.80. The SMILES string of the molecule is CCCNC(CSc1ccc(C)cc1)c1nccn1C. The minimum Gasteiger partial charge on any atom is -0.337 e. The summed E-state index contributed by atoms with van der Waals surface area (Å²) < 4.78 is 2.10. The van der Waals surface area contributed by atoms with Gasteiger partial charge in [0, 0.05) is 30.1 Å². The molecule has 0 aliphatic rings. The van der Waals surface area contributed by atoms with Crippen LogP contribution in [0.3, 0.4) is 0 Å². The van der Waals surface area contributed by atoms with Crippen molar-refractivity contribution in [2.24, 2.45) is 7.05 Å². The zero-order chi connectivity index (χ0) is 14.4. The predicted octanol–water partition coefficient (Wildman–Crippen LogP) is 3.56. The number of aromatic nitrogens is 2. The minimum atomic E-state index is 0.293. The maximum atomic E-state index is 4.48. The molecule has 0 spiro atoms. The zero-order valence-electron chi connectivity index (χ0n) is 12.5. The molecule has 0 saturated carbocycles. The first-order valence-corrected chi connectivity index (χ1v) is 8.09. The molecule has 4 heteroatoms. The third-order valence-corrected chi connectivity index (χ3v) is 4.35. The lowest BCUT2D eigenvalue weighted by Gasteiger charge is -2.18. The molecule has 0 bridgehead atoms. The lowest BCUT2D eigenvalue weighted by molar-refractivity contribution is 0.535. The third-order valence-electron chi connectivity index (χ3n) is 3.25. The number of rotatable bonds is 7. The monoisotopic (exact) mass is 289 g/mol. The summed E-state index contributed by atoms with van der Waals surface area (Å²) in [6.07, 6.45) is 5.01. The summed E-state index contributed by atoms with van der Waals surface area (Å²) in [6, 6.07) is 9.00. The average molecular weight is 289 g/mol. The molecule has 0 amide bonds. The molecule has 0 aliphatic carbocycles. The molecule has 20 heavy (non-hydrogen) atoms. The standard InChI is InChI=1S/C16H23N3S/c1-4-9-17-15(16-18-10-11-19(16)3)12-20-14-7-5-13(2)6-8-14/h5-8,10-11,15,17H,4,9,12H2,1-3H3. The van der Waals surface area contributed by atoms with E-state index in [2.05, 4.69) is 60.0 Å². The minimum absolute atomic E-state index is 0.293. The second-order valence-electron chi connectivity index (χ2n) is 5.03. The average Bonchev–Trinajstić information content (AvgIpc) is 2.87. The largest absolute Gasteiger partial charge is 0.337 e. The van der Waals surface area contributed by atoms with E-state index in [1.54, 1.807) is 0 Å². The van der Waals surface area contributed by atoms with Crippen LogP contribution in [0.15, 0.2) is 41.6 Å². The molecule has 2 aromatic rings. The van der Waals surface area contributed by atoms with Gasteiger partial charge in [0.25, 0.3) is 0 Å². The van der Waals surface area contributed by atoms with E-state index < -0.39 is 0 Å². The van der Waals surface area contributed by atoms with Crippen molar-refractivity contribution in [3.05, 3.63) is 48.0 Å². The lowest BCUT2D eigenvalue weighted by Crippen LogP contribution is -2.26. The highest BCUT2D eigenvalue weighted by molar-refractivity contribution is 7.99. The van der Waals surface area contributed by atoms with Crippen molar-refractivity contribution >= 4 is 11.8 Å². The molecule has 1 atom stereocenters. The number of nitrogens with one attached hydrogen (secondary N) is 1. The molecule has 1 heterocycles. The highest BCUT2D eigenvalue weighted by Gasteiger charge is 2.15. The van der Waals surface area contributed by atoms with E-state index in [9.17, 15) is 0 Å². The first kappa shape index (κ1) is 15.1. The van der Waals surface area contributed by atoms with Crippen LogP contribution >= 0.6 is 11.8 Å². The Bertz CT molecular complexity index is 519. The van der Waals surface area contributed by atoms with Crippen molar-refractivity contribution in [1.82, 2.24) is 14.9 Å². The van der Waals surface area contributed by atoms with Crippen LogP contribution in [0, 0.1) is 6.92 Å². The first-order chi connectivity index (χ1) is 9.70. The van der Waals surface area contributed by atoms with Crippen LogP contribution in [-0.2, 0) is 7.05 Å². The second-order valence-corrected chi connectivity index (χ2v) is 6.12. The number of hydrogen-bond acceptors (Lipinski definition) is 3. The van der Waals surface area contributed by atoms with Crippen molar-refractivity contribution in [3.63, 3.8) is 0 Å². The van der Waals surface area contributed by atoms with Crippen molar-refractivity contribution in [2.75, 3.05) is 12.3 Å². The quantitative estimate of drug-likeness (QED) is 0.790. The molecule has 1 unspecified atom stereocenters. The van der Waals surface area contributed by atoms with Gasteiger partial charge >= 0.3 is 0 Å². The van der Waals surface area contributed by atoms with Gasteiger partial charge in [-0.2, -0.15) is 0 Å². The van der Waals surface area contributed by atoms with E-state index in [-0.39, 0.29) is 0 Å². The van der Waals surface area contributed by atoms with Crippen LogP contribution < -0.4 is 5.32 Å². The molecular formula is C16H23N3S. The predicted molar refractivity (Wildman–Crippen MR) is 86.1 cm³/mol. The van der Waals surface area contributed by atoms with Gasteiger partial charge in [-0.3, -0.25) is 0 Å². The normalized spacial score (nSPS) is 12.6. The first-order valence-electron chi connectivity index (χ1n) is 7.10. The fraction of sp³-hybridized carbons (Fsp3) is 0.438. The number of aryl methyl sites for hydroxylation is 2. The van der Waals surface area contributed by atoms with Crippen molar-refractivity contribution < 1.29 is 0 Å². The lowest BCUT2D eigenvalue weighted by atomic mass is 10.2.